The normalized spacial score (nSPS) is 27.6. The first kappa shape index (κ1) is 8.48. The highest BCUT2D eigenvalue weighted by molar-refractivity contribution is 5.30. The van der Waals surface area contributed by atoms with Gasteiger partial charge < -0.3 is 5.73 Å². The second kappa shape index (κ2) is 2.83. The predicted molar refractivity (Wildman–Crippen MR) is 55.0 cm³/mol. The summed E-state index contributed by atoms with van der Waals surface area (Å²) in [6.45, 7) is 0.803. The van der Waals surface area contributed by atoms with E-state index in [4.69, 9.17) is 5.73 Å². The third kappa shape index (κ3) is 1.05. The fraction of sp³-hybridized carbons (Fsp3) is 0.727. The molecule has 1 atom stereocenters. The minimum Gasteiger partial charge on any atom is -0.330 e. The van der Waals surface area contributed by atoms with Gasteiger partial charge in [-0.25, -0.2) is 0 Å². The van der Waals surface area contributed by atoms with Crippen LogP contribution in [0, 0.1) is 5.41 Å². The zero-order chi connectivity index (χ0) is 9.60. The topological polar surface area (TPSA) is 54.7 Å². The first-order valence-corrected chi connectivity index (χ1v) is 5.58. The summed E-state index contributed by atoms with van der Waals surface area (Å²) in [6.07, 6.45) is 8.50. The van der Waals surface area contributed by atoms with Crippen molar-refractivity contribution in [3.63, 3.8) is 0 Å². The first-order chi connectivity index (χ1) is 6.86. The lowest BCUT2D eigenvalue weighted by atomic mass is 9.73. The number of H-pyrrole nitrogens is 1. The van der Waals surface area contributed by atoms with Crippen molar-refractivity contribution in [2.75, 3.05) is 6.54 Å². The van der Waals surface area contributed by atoms with Crippen molar-refractivity contribution in [1.29, 1.82) is 0 Å². The predicted octanol–water partition coefficient (Wildman–Crippen LogP) is 1.57. The molecule has 0 aromatic carbocycles. The molecule has 2 aliphatic carbocycles. The number of nitrogens with zero attached hydrogens (tertiary/aromatic N) is 1. The largest absolute Gasteiger partial charge is 0.330 e. The Hall–Kier alpha value is -0.830. The first-order valence-electron chi connectivity index (χ1n) is 5.58. The molecule has 3 rings (SSSR count). The Balaban J connectivity index is 1.97. The van der Waals surface area contributed by atoms with E-state index in [2.05, 4.69) is 10.2 Å². The van der Waals surface area contributed by atoms with Gasteiger partial charge in [0, 0.05) is 5.69 Å². The maximum Gasteiger partial charge on any atom is 0.0525 e. The monoisotopic (exact) mass is 191 g/mol. The van der Waals surface area contributed by atoms with Crippen LogP contribution in [0.4, 0.5) is 0 Å². The second-order valence-electron chi connectivity index (χ2n) is 4.80. The van der Waals surface area contributed by atoms with E-state index >= 15 is 0 Å². The minimum absolute atomic E-state index is 0.621. The summed E-state index contributed by atoms with van der Waals surface area (Å²) in [6, 6.07) is 0. The number of nitrogens with one attached hydrogen (secondary N) is 1. The van der Waals surface area contributed by atoms with E-state index in [1.165, 1.54) is 36.9 Å². The number of rotatable bonds is 2. The average molecular weight is 191 g/mol. The van der Waals surface area contributed by atoms with E-state index in [0.29, 0.717) is 11.3 Å². The van der Waals surface area contributed by atoms with E-state index in [1.54, 1.807) is 0 Å². The molecule has 0 amide bonds. The van der Waals surface area contributed by atoms with Gasteiger partial charge in [0.15, 0.2) is 0 Å². The molecule has 0 radical (unpaired) electrons. The molecule has 0 aliphatic heterocycles. The van der Waals surface area contributed by atoms with Gasteiger partial charge in [-0.1, -0.05) is 0 Å². The summed E-state index contributed by atoms with van der Waals surface area (Å²) in [4.78, 5) is 0. The van der Waals surface area contributed by atoms with E-state index in [0.717, 1.165) is 13.0 Å². The molecule has 1 aromatic heterocycles. The van der Waals surface area contributed by atoms with Gasteiger partial charge in [0.05, 0.1) is 6.20 Å². The molecule has 76 valence electrons. The summed E-state index contributed by atoms with van der Waals surface area (Å²) < 4.78 is 0. The molecule has 2 aliphatic rings. The molecule has 1 spiro atoms. The van der Waals surface area contributed by atoms with Crippen LogP contribution in [0.3, 0.4) is 0 Å². The van der Waals surface area contributed by atoms with Crippen LogP contribution in [0.2, 0.25) is 0 Å². The van der Waals surface area contributed by atoms with Crippen molar-refractivity contribution >= 4 is 0 Å². The Bertz CT molecular complexity index is 338. The van der Waals surface area contributed by atoms with E-state index in [1.807, 2.05) is 6.20 Å². The fourth-order valence-corrected chi connectivity index (χ4v) is 3.09. The van der Waals surface area contributed by atoms with Gasteiger partial charge in [-0.05, 0) is 55.5 Å². The maximum absolute atomic E-state index is 5.70. The molecular weight excluding hydrogens is 174 g/mol. The molecule has 14 heavy (non-hydrogen) atoms. The van der Waals surface area contributed by atoms with Crippen LogP contribution < -0.4 is 5.73 Å². The van der Waals surface area contributed by atoms with Crippen LogP contribution in [-0.4, -0.2) is 16.7 Å². The molecule has 1 heterocycles. The van der Waals surface area contributed by atoms with Crippen molar-refractivity contribution in [1.82, 2.24) is 10.2 Å². The Labute approximate surface area is 84.1 Å². The molecule has 1 saturated carbocycles. The Morgan fingerprint density at radius 3 is 3.07 bits per heavy atom. The number of aromatic nitrogens is 2. The zero-order valence-electron chi connectivity index (χ0n) is 8.42. The Kier molecular flexibility index (Phi) is 1.71. The summed E-state index contributed by atoms with van der Waals surface area (Å²) in [5, 5.41) is 7.28. The summed E-state index contributed by atoms with van der Waals surface area (Å²) in [5.41, 5.74) is 9.14. The molecular formula is C11H17N3. The lowest BCUT2D eigenvalue weighted by molar-refractivity contribution is 0.332. The number of fused-ring (bicyclic) bond motifs is 1. The quantitative estimate of drug-likeness (QED) is 0.745. The molecule has 1 aromatic rings. The number of hydrogen-bond acceptors (Lipinski definition) is 2. The average Bonchev–Trinajstić information content (AvgIpc) is 2.79. The summed E-state index contributed by atoms with van der Waals surface area (Å²) in [5.74, 6) is 0.690. The highest BCUT2D eigenvalue weighted by Crippen LogP contribution is 2.62. The van der Waals surface area contributed by atoms with Gasteiger partial charge in [-0.15, -0.1) is 0 Å². The second-order valence-corrected chi connectivity index (χ2v) is 4.80. The molecule has 3 N–H and O–H groups in total. The molecule has 3 nitrogen and oxygen atoms in total. The number of aryl methyl sites for hydroxylation is 1. The number of aromatic amines is 1. The fourth-order valence-electron chi connectivity index (χ4n) is 3.09. The molecule has 0 saturated heterocycles. The van der Waals surface area contributed by atoms with Gasteiger partial charge in [0.2, 0.25) is 0 Å². The highest BCUT2D eigenvalue weighted by atomic mass is 15.1. The van der Waals surface area contributed by atoms with Crippen LogP contribution in [-0.2, 0) is 6.42 Å². The van der Waals surface area contributed by atoms with Gasteiger partial charge in [-0.2, -0.15) is 5.10 Å². The molecule has 0 bridgehead atoms. The smallest absolute Gasteiger partial charge is 0.0525 e. The Morgan fingerprint density at radius 2 is 2.36 bits per heavy atom. The molecule has 1 fully saturated rings. The van der Waals surface area contributed by atoms with Crippen molar-refractivity contribution in [3.05, 3.63) is 17.5 Å². The van der Waals surface area contributed by atoms with Crippen LogP contribution in [0.15, 0.2) is 6.20 Å². The van der Waals surface area contributed by atoms with Crippen molar-refractivity contribution in [2.45, 2.75) is 38.0 Å². The Morgan fingerprint density at radius 1 is 1.50 bits per heavy atom. The number of hydrogen-bond donors (Lipinski definition) is 2. The van der Waals surface area contributed by atoms with Crippen LogP contribution in [0.1, 0.15) is 42.9 Å². The van der Waals surface area contributed by atoms with Crippen molar-refractivity contribution in [2.24, 2.45) is 11.1 Å². The van der Waals surface area contributed by atoms with E-state index in [9.17, 15) is 0 Å². The third-order valence-electron chi connectivity index (χ3n) is 4.09. The SMILES string of the molecule is NCCC1c2cn[nH]c2CCC12CC2. The van der Waals surface area contributed by atoms with Gasteiger partial charge in [0.1, 0.15) is 0 Å². The van der Waals surface area contributed by atoms with Crippen molar-refractivity contribution < 1.29 is 0 Å². The van der Waals surface area contributed by atoms with E-state index in [-0.39, 0.29) is 0 Å². The van der Waals surface area contributed by atoms with Gasteiger partial charge >= 0.3 is 0 Å². The van der Waals surface area contributed by atoms with E-state index < -0.39 is 0 Å². The third-order valence-corrected chi connectivity index (χ3v) is 4.09. The van der Waals surface area contributed by atoms with Crippen LogP contribution in [0.5, 0.6) is 0 Å². The van der Waals surface area contributed by atoms with Gasteiger partial charge in [0.25, 0.3) is 0 Å². The van der Waals surface area contributed by atoms with Gasteiger partial charge in [-0.3, -0.25) is 5.10 Å². The highest BCUT2D eigenvalue weighted by Gasteiger charge is 2.51. The minimum atomic E-state index is 0.621. The van der Waals surface area contributed by atoms with Crippen LogP contribution in [0.25, 0.3) is 0 Å². The summed E-state index contributed by atoms with van der Waals surface area (Å²) in [7, 11) is 0. The molecule has 1 unspecified atom stereocenters. The molecule has 3 heteroatoms. The lowest BCUT2D eigenvalue weighted by Gasteiger charge is -2.31. The van der Waals surface area contributed by atoms with Crippen molar-refractivity contribution in [3.8, 4) is 0 Å². The summed E-state index contributed by atoms with van der Waals surface area (Å²) >= 11 is 0. The standard InChI is InChI=1S/C11H17N3/c12-6-2-9-8-7-13-14-10(8)1-3-11(9)4-5-11/h7,9H,1-6,12H2,(H,13,14). The number of nitrogens with two attached hydrogens (primary N) is 1. The van der Waals surface area contributed by atoms with Crippen LogP contribution >= 0.6 is 0 Å². The lowest BCUT2D eigenvalue weighted by Crippen LogP contribution is -2.23. The maximum atomic E-state index is 5.70. The zero-order valence-corrected chi connectivity index (χ0v) is 8.42.